The second kappa shape index (κ2) is 7.01. The van der Waals surface area contributed by atoms with Gasteiger partial charge in [0, 0.05) is 6.42 Å². The molecule has 0 bridgehead atoms. The fourth-order valence-electron chi connectivity index (χ4n) is 2.14. The van der Waals surface area contributed by atoms with Gasteiger partial charge < -0.3 is 10.4 Å². The molecule has 0 radical (unpaired) electrons. The van der Waals surface area contributed by atoms with E-state index in [0.717, 1.165) is 0 Å². The summed E-state index contributed by atoms with van der Waals surface area (Å²) in [5.74, 6) is -1.77. The maximum Gasteiger partial charge on any atom is 0.326 e. The van der Waals surface area contributed by atoms with Crippen LogP contribution in [0.15, 0.2) is 0 Å². The van der Waals surface area contributed by atoms with E-state index in [1.165, 1.54) is 11.6 Å². The van der Waals surface area contributed by atoms with Gasteiger partial charge >= 0.3 is 11.7 Å². The molecule has 0 aliphatic carbocycles. The highest BCUT2D eigenvalue weighted by Crippen LogP contribution is 2.21. The van der Waals surface area contributed by atoms with Gasteiger partial charge in [0.25, 0.3) is 0 Å². The molecular weight excluding hydrogens is 292 g/mol. The Morgan fingerprint density at radius 1 is 1.41 bits per heavy atom. The minimum Gasteiger partial charge on any atom is -0.480 e. The predicted octanol–water partition coefficient (Wildman–Crippen LogP) is 1.02. The summed E-state index contributed by atoms with van der Waals surface area (Å²) < 4.78 is 1.39. The van der Waals surface area contributed by atoms with Gasteiger partial charge in [-0.1, -0.05) is 13.8 Å². The van der Waals surface area contributed by atoms with Gasteiger partial charge in [-0.05, 0) is 19.8 Å². The molecule has 0 aliphatic rings. The number of carboxylic acid groups (broad SMARTS) is 1. The largest absolute Gasteiger partial charge is 0.480 e. The van der Waals surface area contributed by atoms with Crippen molar-refractivity contribution in [1.29, 1.82) is 0 Å². The lowest BCUT2D eigenvalue weighted by atomic mass is 10.0. The van der Waals surface area contributed by atoms with Crippen molar-refractivity contribution in [2.24, 2.45) is 5.92 Å². The second-order valence-electron chi connectivity index (χ2n) is 5.38. The zero-order valence-electron chi connectivity index (χ0n) is 13.0. The van der Waals surface area contributed by atoms with E-state index in [1.54, 1.807) is 20.8 Å². The van der Waals surface area contributed by atoms with Crippen molar-refractivity contribution in [2.75, 3.05) is 0 Å². The van der Waals surface area contributed by atoms with Gasteiger partial charge in [0.15, 0.2) is 0 Å². The van der Waals surface area contributed by atoms with Gasteiger partial charge in [0.2, 0.25) is 5.91 Å². The Kier molecular flexibility index (Phi) is 5.61. The SMILES string of the molecule is Cc1nn(CCC(=O)N[C@H](C(=O)O)C(C)C)c(C)c1[N+](=O)[O-]. The Morgan fingerprint density at radius 3 is 2.41 bits per heavy atom. The molecule has 0 aliphatic heterocycles. The quantitative estimate of drug-likeness (QED) is 0.571. The average molecular weight is 312 g/mol. The third-order valence-electron chi connectivity index (χ3n) is 3.33. The molecule has 1 atom stereocenters. The van der Waals surface area contributed by atoms with Crippen LogP contribution in [0, 0.1) is 29.9 Å². The molecule has 0 saturated carbocycles. The minimum absolute atomic E-state index is 0.00435. The Balaban J connectivity index is 2.71. The van der Waals surface area contributed by atoms with Gasteiger partial charge in [-0.3, -0.25) is 19.6 Å². The first-order chi connectivity index (χ1) is 10.1. The third kappa shape index (κ3) is 4.03. The summed E-state index contributed by atoms with van der Waals surface area (Å²) in [5, 5.41) is 26.4. The topological polar surface area (TPSA) is 127 Å². The summed E-state index contributed by atoms with van der Waals surface area (Å²) in [5.41, 5.74) is 0.591. The van der Waals surface area contributed by atoms with E-state index in [0.29, 0.717) is 5.69 Å². The normalized spacial score (nSPS) is 12.2. The zero-order chi connectivity index (χ0) is 17.0. The number of aryl methyl sites for hydroxylation is 2. The average Bonchev–Trinajstić information content (AvgIpc) is 2.67. The number of carbonyl (C=O) groups is 2. The maximum atomic E-state index is 11.8. The third-order valence-corrected chi connectivity index (χ3v) is 3.33. The first-order valence-electron chi connectivity index (χ1n) is 6.85. The lowest BCUT2D eigenvalue weighted by Crippen LogP contribution is -2.44. The van der Waals surface area contributed by atoms with E-state index in [1.807, 2.05) is 0 Å². The van der Waals surface area contributed by atoms with Crippen LogP contribution in [0.4, 0.5) is 5.69 Å². The number of amides is 1. The van der Waals surface area contributed by atoms with Crippen LogP contribution in [0.1, 0.15) is 31.7 Å². The van der Waals surface area contributed by atoms with Crippen LogP contribution >= 0.6 is 0 Å². The van der Waals surface area contributed by atoms with Crippen LogP contribution in [-0.4, -0.2) is 37.7 Å². The molecular formula is C13H20N4O5. The first kappa shape index (κ1) is 17.6. The Hall–Kier alpha value is -2.45. The second-order valence-corrected chi connectivity index (χ2v) is 5.38. The molecule has 0 fully saturated rings. The molecule has 1 rings (SSSR count). The molecule has 0 unspecified atom stereocenters. The van der Waals surface area contributed by atoms with Crippen LogP contribution in [0.5, 0.6) is 0 Å². The molecule has 0 spiro atoms. The molecule has 1 heterocycles. The van der Waals surface area contributed by atoms with Crippen molar-refractivity contribution in [2.45, 2.75) is 46.7 Å². The van der Waals surface area contributed by atoms with Crippen molar-refractivity contribution in [3.8, 4) is 0 Å². The van der Waals surface area contributed by atoms with E-state index < -0.39 is 22.8 Å². The molecule has 1 aromatic rings. The number of aromatic nitrogens is 2. The van der Waals surface area contributed by atoms with Gasteiger partial charge in [-0.15, -0.1) is 0 Å². The zero-order valence-corrected chi connectivity index (χ0v) is 13.0. The Bertz CT molecular complexity index is 593. The number of carboxylic acids is 1. The highest BCUT2D eigenvalue weighted by atomic mass is 16.6. The fraction of sp³-hybridized carbons (Fsp3) is 0.615. The smallest absolute Gasteiger partial charge is 0.326 e. The van der Waals surface area contributed by atoms with Crippen LogP contribution in [0.2, 0.25) is 0 Å². The highest BCUT2D eigenvalue weighted by Gasteiger charge is 2.24. The number of aliphatic carboxylic acids is 1. The monoisotopic (exact) mass is 312 g/mol. The van der Waals surface area contributed by atoms with Gasteiger partial charge in [0.05, 0.1) is 11.5 Å². The summed E-state index contributed by atoms with van der Waals surface area (Å²) in [4.78, 5) is 33.2. The molecule has 9 heteroatoms. The Labute approximate surface area is 127 Å². The summed E-state index contributed by atoms with van der Waals surface area (Å²) in [6.45, 7) is 6.63. The fourth-order valence-corrected chi connectivity index (χ4v) is 2.14. The summed E-state index contributed by atoms with van der Waals surface area (Å²) in [6, 6.07) is -0.956. The molecule has 122 valence electrons. The van der Waals surface area contributed by atoms with Crippen molar-refractivity contribution in [3.05, 3.63) is 21.5 Å². The number of carbonyl (C=O) groups excluding carboxylic acids is 1. The van der Waals surface area contributed by atoms with Crippen LogP contribution < -0.4 is 5.32 Å². The van der Waals surface area contributed by atoms with Crippen molar-refractivity contribution in [3.63, 3.8) is 0 Å². The van der Waals surface area contributed by atoms with E-state index in [9.17, 15) is 19.7 Å². The van der Waals surface area contributed by atoms with E-state index in [-0.39, 0.29) is 30.3 Å². The Morgan fingerprint density at radius 2 is 2.00 bits per heavy atom. The van der Waals surface area contributed by atoms with Gasteiger partial charge in [0.1, 0.15) is 17.4 Å². The number of nitrogens with zero attached hydrogens (tertiary/aromatic N) is 3. The summed E-state index contributed by atoms with van der Waals surface area (Å²) >= 11 is 0. The van der Waals surface area contributed by atoms with Crippen molar-refractivity contribution < 1.29 is 19.6 Å². The lowest BCUT2D eigenvalue weighted by Gasteiger charge is -2.17. The van der Waals surface area contributed by atoms with Gasteiger partial charge in [-0.2, -0.15) is 5.10 Å². The minimum atomic E-state index is -1.09. The number of hydrogen-bond donors (Lipinski definition) is 2. The van der Waals surface area contributed by atoms with E-state index in [2.05, 4.69) is 10.4 Å². The van der Waals surface area contributed by atoms with Crippen molar-refractivity contribution >= 4 is 17.6 Å². The summed E-state index contributed by atoms with van der Waals surface area (Å²) in [6.07, 6.45) is -0.00435. The maximum absolute atomic E-state index is 11.8. The van der Waals surface area contributed by atoms with Crippen LogP contribution in [0.25, 0.3) is 0 Å². The number of hydrogen-bond acceptors (Lipinski definition) is 5. The molecule has 9 nitrogen and oxygen atoms in total. The number of nitrogens with one attached hydrogen (secondary N) is 1. The number of nitro groups is 1. The predicted molar refractivity (Wildman–Crippen MR) is 77.4 cm³/mol. The summed E-state index contributed by atoms with van der Waals surface area (Å²) in [7, 11) is 0. The standard InChI is InChI=1S/C13H20N4O5/c1-7(2)11(13(19)20)14-10(18)5-6-16-9(4)12(17(21)22)8(3)15-16/h7,11H,5-6H2,1-4H3,(H,14,18)(H,19,20)/t11-/m0/s1. The van der Waals surface area contributed by atoms with E-state index in [4.69, 9.17) is 5.11 Å². The molecule has 0 aromatic carbocycles. The van der Waals surface area contributed by atoms with Crippen molar-refractivity contribution in [1.82, 2.24) is 15.1 Å². The molecule has 1 aromatic heterocycles. The van der Waals surface area contributed by atoms with E-state index >= 15 is 0 Å². The van der Waals surface area contributed by atoms with Gasteiger partial charge in [-0.25, -0.2) is 4.79 Å². The van der Waals surface area contributed by atoms with Crippen LogP contribution in [0.3, 0.4) is 0 Å². The molecule has 0 saturated heterocycles. The first-order valence-corrected chi connectivity index (χ1v) is 6.85. The number of rotatable bonds is 7. The molecule has 2 N–H and O–H groups in total. The van der Waals surface area contributed by atoms with Crippen LogP contribution in [-0.2, 0) is 16.1 Å². The molecule has 22 heavy (non-hydrogen) atoms. The molecule has 1 amide bonds. The highest BCUT2D eigenvalue weighted by molar-refractivity contribution is 5.83. The lowest BCUT2D eigenvalue weighted by molar-refractivity contribution is -0.386.